The molecule has 2 amide bonds. The molecule has 1 atom stereocenters. The van der Waals surface area contributed by atoms with Crippen LogP contribution in [-0.2, 0) is 9.59 Å². The number of thioether (sulfide) groups is 1. The molecule has 2 N–H and O–H groups in total. The van der Waals surface area contributed by atoms with E-state index in [1.165, 1.54) is 17.3 Å². The van der Waals surface area contributed by atoms with Gasteiger partial charge >= 0.3 is 0 Å². The summed E-state index contributed by atoms with van der Waals surface area (Å²) in [5, 5.41) is 5.66. The van der Waals surface area contributed by atoms with Crippen molar-refractivity contribution >= 4 is 35.0 Å². The van der Waals surface area contributed by atoms with Crippen molar-refractivity contribution in [3.8, 4) is 0 Å². The highest BCUT2D eigenvalue weighted by Crippen LogP contribution is 2.27. The first kappa shape index (κ1) is 21.0. The third-order valence-electron chi connectivity index (χ3n) is 4.20. The van der Waals surface area contributed by atoms with Gasteiger partial charge in [0.2, 0.25) is 11.8 Å². The van der Waals surface area contributed by atoms with Gasteiger partial charge in [0.1, 0.15) is 0 Å². The van der Waals surface area contributed by atoms with Crippen LogP contribution in [0.5, 0.6) is 0 Å². The maximum Gasteiger partial charge on any atom is 0.237 e. The molecule has 0 heterocycles. The van der Waals surface area contributed by atoms with E-state index in [1.807, 2.05) is 57.2 Å². The molecule has 0 aromatic heterocycles. The molecule has 4 nitrogen and oxygen atoms in total. The van der Waals surface area contributed by atoms with Gasteiger partial charge in [-0.05, 0) is 57.0 Å². The molecule has 0 spiro atoms. The van der Waals surface area contributed by atoms with Crippen LogP contribution < -0.4 is 10.6 Å². The van der Waals surface area contributed by atoms with Crippen molar-refractivity contribution in [2.75, 3.05) is 10.6 Å². The lowest BCUT2D eigenvalue weighted by Gasteiger charge is -2.14. The number of unbranched alkanes of at least 4 members (excludes halogenated alkanes) is 1. The van der Waals surface area contributed by atoms with Crippen LogP contribution in [0.3, 0.4) is 0 Å². The second-order valence-electron chi connectivity index (χ2n) is 6.75. The van der Waals surface area contributed by atoms with E-state index in [9.17, 15) is 9.59 Å². The lowest BCUT2D eigenvalue weighted by Crippen LogP contribution is -2.22. The summed E-state index contributed by atoms with van der Waals surface area (Å²) in [6, 6.07) is 13.6. The highest BCUT2D eigenvalue weighted by atomic mass is 32.2. The van der Waals surface area contributed by atoms with Crippen LogP contribution in [-0.4, -0.2) is 17.1 Å². The van der Waals surface area contributed by atoms with E-state index in [-0.39, 0.29) is 17.1 Å². The predicted octanol–water partition coefficient (Wildman–Crippen LogP) is 5.55. The average molecular weight is 385 g/mol. The summed E-state index contributed by atoms with van der Waals surface area (Å²) in [5.41, 5.74) is 3.83. The standard InChI is InChI=1S/C22H28N2O2S/c1-5-6-10-21(25)23-18-8-7-9-19(14-18)27-17(4)22(26)24-20-12-11-15(2)13-16(20)3/h7-9,11-14,17H,5-6,10H2,1-4H3,(H,23,25)(H,24,26). The maximum atomic E-state index is 12.5. The second-order valence-corrected chi connectivity index (χ2v) is 8.16. The summed E-state index contributed by atoms with van der Waals surface area (Å²) in [7, 11) is 0. The van der Waals surface area contributed by atoms with Crippen molar-refractivity contribution in [3.63, 3.8) is 0 Å². The minimum atomic E-state index is -0.253. The van der Waals surface area contributed by atoms with Crippen molar-refractivity contribution in [1.29, 1.82) is 0 Å². The Morgan fingerprint density at radius 2 is 1.85 bits per heavy atom. The van der Waals surface area contributed by atoms with Gasteiger partial charge in [-0.15, -0.1) is 11.8 Å². The molecule has 0 radical (unpaired) electrons. The Bertz CT molecular complexity index is 805. The molecule has 1 unspecified atom stereocenters. The Morgan fingerprint density at radius 3 is 2.56 bits per heavy atom. The number of benzene rings is 2. The predicted molar refractivity (Wildman–Crippen MR) is 114 cm³/mol. The molecule has 0 saturated carbocycles. The first-order valence-electron chi connectivity index (χ1n) is 9.33. The summed E-state index contributed by atoms with van der Waals surface area (Å²) in [6.07, 6.45) is 2.41. The van der Waals surface area contributed by atoms with Gasteiger partial charge in [0.05, 0.1) is 5.25 Å². The van der Waals surface area contributed by atoms with Gasteiger partial charge in [0.25, 0.3) is 0 Å². The van der Waals surface area contributed by atoms with Gasteiger partial charge in [0.15, 0.2) is 0 Å². The fourth-order valence-corrected chi connectivity index (χ4v) is 3.58. The van der Waals surface area contributed by atoms with Crippen molar-refractivity contribution in [2.24, 2.45) is 0 Å². The van der Waals surface area contributed by atoms with Crippen LogP contribution in [0.15, 0.2) is 47.4 Å². The fraction of sp³-hybridized carbons (Fsp3) is 0.364. The third kappa shape index (κ3) is 6.75. The van der Waals surface area contributed by atoms with E-state index in [4.69, 9.17) is 0 Å². The molecule has 5 heteroatoms. The first-order valence-corrected chi connectivity index (χ1v) is 10.2. The molecule has 2 aromatic rings. The van der Waals surface area contributed by atoms with Crippen LogP contribution in [0.4, 0.5) is 11.4 Å². The molecule has 0 saturated heterocycles. The monoisotopic (exact) mass is 384 g/mol. The maximum absolute atomic E-state index is 12.5. The molecule has 0 aliphatic heterocycles. The number of rotatable bonds is 8. The molecule has 2 rings (SSSR count). The second kappa shape index (κ2) is 10.2. The molecule has 0 aliphatic rings. The Hall–Kier alpha value is -2.27. The quantitative estimate of drug-likeness (QED) is 0.587. The highest BCUT2D eigenvalue weighted by Gasteiger charge is 2.16. The van der Waals surface area contributed by atoms with Crippen LogP contribution in [0.1, 0.15) is 44.2 Å². The molecule has 27 heavy (non-hydrogen) atoms. The molecular weight excluding hydrogens is 356 g/mol. The summed E-state index contributed by atoms with van der Waals surface area (Å²) < 4.78 is 0. The molecule has 0 aliphatic carbocycles. The summed E-state index contributed by atoms with van der Waals surface area (Å²) in [5.74, 6) is -0.0102. The number of amides is 2. The topological polar surface area (TPSA) is 58.2 Å². The molecule has 0 bridgehead atoms. The minimum absolute atomic E-state index is 0.0274. The summed E-state index contributed by atoms with van der Waals surface area (Å²) in [6.45, 7) is 7.97. The fourth-order valence-electron chi connectivity index (χ4n) is 2.65. The Balaban J connectivity index is 1.96. The van der Waals surface area contributed by atoms with Crippen LogP contribution >= 0.6 is 11.8 Å². The van der Waals surface area contributed by atoms with Gasteiger partial charge in [-0.25, -0.2) is 0 Å². The van der Waals surface area contributed by atoms with Gasteiger partial charge in [-0.1, -0.05) is 37.1 Å². The van der Waals surface area contributed by atoms with Gasteiger partial charge < -0.3 is 10.6 Å². The van der Waals surface area contributed by atoms with E-state index < -0.39 is 0 Å². The normalized spacial score (nSPS) is 11.7. The molecule has 144 valence electrons. The average Bonchev–Trinajstić information content (AvgIpc) is 2.62. The van der Waals surface area contributed by atoms with E-state index in [2.05, 4.69) is 23.6 Å². The number of carbonyl (C=O) groups excluding carboxylic acids is 2. The van der Waals surface area contributed by atoms with E-state index >= 15 is 0 Å². The zero-order chi connectivity index (χ0) is 19.8. The molecule has 0 fully saturated rings. The number of hydrogen-bond acceptors (Lipinski definition) is 3. The van der Waals surface area contributed by atoms with E-state index in [0.29, 0.717) is 6.42 Å². The molecule has 2 aromatic carbocycles. The Kier molecular flexibility index (Phi) is 7.92. The third-order valence-corrected chi connectivity index (χ3v) is 5.29. The lowest BCUT2D eigenvalue weighted by atomic mass is 10.1. The van der Waals surface area contributed by atoms with Crippen LogP contribution in [0, 0.1) is 13.8 Å². The van der Waals surface area contributed by atoms with Crippen molar-refractivity contribution in [1.82, 2.24) is 0 Å². The van der Waals surface area contributed by atoms with Crippen LogP contribution in [0.2, 0.25) is 0 Å². The van der Waals surface area contributed by atoms with Crippen molar-refractivity contribution in [3.05, 3.63) is 53.6 Å². The number of aryl methyl sites for hydroxylation is 2. The van der Waals surface area contributed by atoms with Gasteiger partial charge in [0, 0.05) is 22.7 Å². The minimum Gasteiger partial charge on any atom is -0.326 e. The van der Waals surface area contributed by atoms with Crippen molar-refractivity contribution in [2.45, 2.75) is 57.1 Å². The lowest BCUT2D eigenvalue weighted by molar-refractivity contribution is -0.116. The zero-order valence-electron chi connectivity index (χ0n) is 16.5. The smallest absolute Gasteiger partial charge is 0.237 e. The van der Waals surface area contributed by atoms with E-state index in [1.54, 1.807) is 0 Å². The van der Waals surface area contributed by atoms with Crippen LogP contribution in [0.25, 0.3) is 0 Å². The number of hydrogen-bond donors (Lipinski definition) is 2. The summed E-state index contributed by atoms with van der Waals surface area (Å²) in [4.78, 5) is 25.4. The zero-order valence-corrected chi connectivity index (χ0v) is 17.3. The molecular formula is C22H28N2O2S. The first-order chi connectivity index (χ1) is 12.9. The largest absolute Gasteiger partial charge is 0.326 e. The van der Waals surface area contributed by atoms with Crippen molar-refractivity contribution < 1.29 is 9.59 Å². The Labute approximate surface area is 166 Å². The summed E-state index contributed by atoms with van der Waals surface area (Å²) >= 11 is 1.48. The highest BCUT2D eigenvalue weighted by molar-refractivity contribution is 8.00. The number of anilines is 2. The Morgan fingerprint density at radius 1 is 1.07 bits per heavy atom. The SMILES string of the molecule is CCCCC(=O)Nc1cccc(SC(C)C(=O)Nc2ccc(C)cc2C)c1. The van der Waals surface area contributed by atoms with Gasteiger partial charge in [-0.2, -0.15) is 0 Å². The van der Waals surface area contributed by atoms with E-state index in [0.717, 1.165) is 34.7 Å². The number of nitrogens with one attached hydrogen (secondary N) is 2. The number of carbonyl (C=O) groups is 2. The van der Waals surface area contributed by atoms with Gasteiger partial charge in [-0.3, -0.25) is 9.59 Å².